The SMILES string of the molecule is C=CC(=O)OCC(C)OC(=O)CCC(=O)OCCc1ccc(OC(=O)[C@H]2CC[C@H](C(=O)Oc3cc(C)c(OC(=O)[C@H]4CC[C@H](C(=O)Oc5ccc(CCOC(=O)CCC(=O)OCC(C)OC(=O)C=C)cc5)CC4)c4c3SC(=C(C#N)C#N)S4)CC2)cc1. The van der Waals surface area contributed by atoms with Crippen molar-refractivity contribution >= 4 is 83.2 Å². The van der Waals surface area contributed by atoms with Crippen LogP contribution < -0.4 is 18.9 Å². The van der Waals surface area contributed by atoms with Gasteiger partial charge in [-0.1, -0.05) is 60.9 Å². The van der Waals surface area contributed by atoms with Gasteiger partial charge in [0.05, 0.1) is 76.6 Å². The second-order valence-electron chi connectivity index (χ2n) is 20.5. The molecule has 0 spiro atoms. The van der Waals surface area contributed by atoms with Crippen LogP contribution in [0.4, 0.5) is 0 Å². The Hall–Kier alpha value is -8.74. The van der Waals surface area contributed by atoms with Crippen LogP contribution in [-0.4, -0.2) is 98.3 Å². The monoisotopic (exact) mass is 1230 g/mol. The van der Waals surface area contributed by atoms with E-state index in [1.807, 2.05) is 12.1 Å². The highest BCUT2D eigenvalue weighted by molar-refractivity contribution is 8.24. The quantitative estimate of drug-likeness (QED) is 0.0215. The molecule has 3 aromatic rings. The zero-order chi connectivity index (χ0) is 63.0. The van der Waals surface area contributed by atoms with E-state index in [1.54, 1.807) is 75.4 Å². The van der Waals surface area contributed by atoms with Crippen LogP contribution in [0.25, 0.3) is 0 Å². The van der Waals surface area contributed by atoms with Gasteiger partial charge in [-0.15, -0.1) is 0 Å². The molecule has 0 N–H and O–H groups in total. The van der Waals surface area contributed by atoms with E-state index in [-0.39, 0.29) is 69.2 Å². The molecular weight excluding hydrogens is 1170 g/mol. The molecule has 460 valence electrons. The fourth-order valence-electron chi connectivity index (χ4n) is 9.15. The molecule has 0 amide bonds. The number of fused-ring (bicyclic) bond motifs is 1. The summed E-state index contributed by atoms with van der Waals surface area (Å²) < 4.78 is 54.1. The number of nitrogens with zero attached hydrogens (tertiary/aromatic N) is 2. The molecule has 24 heteroatoms. The summed E-state index contributed by atoms with van der Waals surface area (Å²) in [7, 11) is 0. The van der Waals surface area contributed by atoms with Crippen LogP contribution in [0.5, 0.6) is 23.0 Å². The summed E-state index contributed by atoms with van der Waals surface area (Å²) in [6, 6.07) is 18.8. The van der Waals surface area contributed by atoms with Gasteiger partial charge in [0.1, 0.15) is 66.1 Å². The third-order valence-electron chi connectivity index (χ3n) is 13.9. The van der Waals surface area contributed by atoms with Gasteiger partial charge in [-0.05, 0) is 119 Å². The van der Waals surface area contributed by atoms with Crippen molar-refractivity contribution in [3.8, 4) is 35.1 Å². The summed E-state index contributed by atoms with van der Waals surface area (Å²) in [5.41, 5.74) is 1.89. The Morgan fingerprint density at radius 2 is 0.931 bits per heavy atom. The van der Waals surface area contributed by atoms with Crippen molar-refractivity contribution in [3.63, 3.8) is 0 Å². The molecule has 1 aliphatic heterocycles. The van der Waals surface area contributed by atoms with E-state index >= 15 is 0 Å². The van der Waals surface area contributed by atoms with E-state index < -0.39 is 95.6 Å². The minimum atomic E-state index is -0.700. The van der Waals surface area contributed by atoms with Gasteiger partial charge >= 0.3 is 59.7 Å². The van der Waals surface area contributed by atoms with Crippen molar-refractivity contribution in [1.29, 1.82) is 10.5 Å². The Bertz CT molecular complexity index is 3170. The summed E-state index contributed by atoms with van der Waals surface area (Å²) >= 11 is 2.12. The summed E-state index contributed by atoms with van der Waals surface area (Å²) in [5.74, 6) is -6.80. The number of carbonyl (C=O) groups is 10. The molecule has 2 aliphatic carbocycles. The first-order chi connectivity index (χ1) is 41.7. The van der Waals surface area contributed by atoms with Crippen molar-refractivity contribution in [1.82, 2.24) is 0 Å². The number of hydrogen-bond acceptors (Lipinski definition) is 24. The third-order valence-corrected chi connectivity index (χ3v) is 16.6. The van der Waals surface area contributed by atoms with Gasteiger partial charge in [-0.25, -0.2) is 9.59 Å². The molecule has 0 radical (unpaired) electrons. The molecule has 1 heterocycles. The minimum Gasteiger partial charge on any atom is -0.465 e. The smallest absolute Gasteiger partial charge is 0.330 e. The van der Waals surface area contributed by atoms with Gasteiger partial charge in [0.15, 0.2) is 0 Å². The molecule has 22 nitrogen and oxygen atoms in total. The van der Waals surface area contributed by atoms with Crippen molar-refractivity contribution in [2.45, 2.75) is 133 Å². The Balaban J connectivity index is 0.916. The van der Waals surface area contributed by atoms with Crippen LogP contribution in [0.15, 0.2) is 99.5 Å². The lowest BCUT2D eigenvalue weighted by Crippen LogP contribution is -2.31. The fourth-order valence-corrected chi connectivity index (χ4v) is 11.7. The van der Waals surface area contributed by atoms with E-state index in [0.29, 0.717) is 95.3 Å². The van der Waals surface area contributed by atoms with E-state index in [4.69, 9.17) is 47.4 Å². The number of thioether (sulfide) groups is 2. The number of aryl methyl sites for hydroxylation is 1. The van der Waals surface area contributed by atoms with Gasteiger partial charge in [0, 0.05) is 25.0 Å². The second-order valence-corrected chi connectivity index (χ2v) is 22.8. The summed E-state index contributed by atoms with van der Waals surface area (Å²) in [6.45, 7) is 11.1. The number of allylic oxidation sites excluding steroid dienone is 1. The summed E-state index contributed by atoms with van der Waals surface area (Å²) in [5, 5.41) is 19.5. The lowest BCUT2D eigenvalue weighted by atomic mass is 9.82. The lowest BCUT2D eigenvalue weighted by Gasteiger charge is -2.27. The third kappa shape index (κ3) is 21.3. The van der Waals surface area contributed by atoms with E-state index in [0.717, 1.165) is 46.8 Å². The normalized spacial score (nSPS) is 17.3. The summed E-state index contributed by atoms with van der Waals surface area (Å²) in [4.78, 5) is 126. The fraction of sp³-hybridized carbons (Fsp3) is 0.429. The Labute approximate surface area is 511 Å². The predicted molar refractivity (Wildman–Crippen MR) is 309 cm³/mol. The highest BCUT2D eigenvalue weighted by Crippen LogP contribution is 2.60. The number of ether oxygens (including phenoxy) is 10. The molecule has 87 heavy (non-hydrogen) atoms. The van der Waals surface area contributed by atoms with E-state index in [1.165, 1.54) is 0 Å². The number of hydrogen-bond donors (Lipinski definition) is 0. The molecule has 2 fully saturated rings. The Morgan fingerprint density at radius 3 is 1.39 bits per heavy atom. The molecule has 2 atom stereocenters. The minimum absolute atomic E-state index is 0.0471. The van der Waals surface area contributed by atoms with Crippen LogP contribution in [0.2, 0.25) is 0 Å². The molecule has 0 aromatic heterocycles. The number of carbonyl (C=O) groups excluding carboxylic acids is 10. The van der Waals surface area contributed by atoms with Gasteiger partial charge in [0.2, 0.25) is 0 Å². The topological polar surface area (TPSA) is 311 Å². The van der Waals surface area contributed by atoms with Crippen LogP contribution >= 0.6 is 23.5 Å². The first kappa shape index (κ1) is 67.4. The highest BCUT2D eigenvalue weighted by atomic mass is 32.2. The largest absolute Gasteiger partial charge is 0.465 e. The second kappa shape index (κ2) is 33.8. The number of esters is 10. The molecule has 3 aliphatic rings. The first-order valence-corrected chi connectivity index (χ1v) is 29.8. The van der Waals surface area contributed by atoms with Crippen molar-refractivity contribution < 1.29 is 95.3 Å². The number of benzene rings is 3. The Kier molecular flexibility index (Phi) is 26.2. The lowest BCUT2D eigenvalue weighted by molar-refractivity contribution is -0.157. The molecule has 6 rings (SSSR count). The van der Waals surface area contributed by atoms with Crippen LogP contribution in [-0.2, 0) is 89.2 Å². The van der Waals surface area contributed by atoms with Crippen LogP contribution in [0.1, 0.15) is 108 Å². The molecule has 2 saturated carbocycles. The van der Waals surface area contributed by atoms with Crippen molar-refractivity contribution in [2.24, 2.45) is 23.7 Å². The standard InChI is InChI=1S/C63H66N2O20S2/c1-6-50(66)78-35-39(5)81-55(71)27-26-53(69)77-31-29-41-10-22-47(23-11-41)82-59(72)42-12-16-44(17-13-42)61(74)84-49-32-37(3)56(58-57(49)86-63(87-58)46(33-64)34-65)85-62(75)45-18-14-43(15-19-45)60(73)83-48-20-8-40(9-21-48)28-30-76-52(68)24-25-54(70)79-36-38(4)80-51(67)7-2/h6-11,20-23,32,38-39,42-45H,1-2,12-19,24-31,35-36H2,3-5H3/t38?,39?,42-,43-,44-,45-. The van der Waals surface area contributed by atoms with E-state index in [9.17, 15) is 58.5 Å². The van der Waals surface area contributed by atoms with Gasteiger partial charge in [-0.3, -0.25) is 38.4 Å². The Morgan fingerprint density at radius 1 is 0.529 bits per heavy atom. The maximum absolute atomic E-state index is 13.8. The zero-order valence-corrected chi connectivity index (χ0v) is 50.0. The van der Waals surface area contributed by atoms with Gasteiger partial charge in [-0.2, -0.15) is 10.5 Å². The highest BCUT2D eigenvalue weighted by Gasteiger charge is 2.38. The van der Waals surface area contributed by atoms with Crippen LogP contribution in [0, 0.1) is 53.3 Å². The number of nitriles is 2. The maximum atomic E-state index is 13.8. The average Bonchev–Trinajstić information content (AvgIpc) is 2.06. The average molecular weight is 1240 g/mol. The molecule has 0 bridgehead atoms. The molecule has 3 aromatic carbocycles. The number of rotatable bonds is 28. The van der Waals surface area contributed by atoms with Crippen molar-refractivity contribution in [2.75, 3.05) is 26.4 Å². The maximum Gasteiger partial charge on any atom is 0.330 e. The predicted octanol–water partition coefficient (Wildman–Crippen LogP) is 9.14. The molecule has 2 unspecified atom stereocenters. The zero-order valence-electron chi connectivity index (χ0n) is 48.3. The summed E-state index contributed by atoms with van der Waals surface area (Å²) in [6.07, 6.45) is 3.31. The van der Waals surface area contributed by atoms with Crippen LogP contribution in [0.3, 0.4) is 0 Å². The van der Waals surface area contributed by atoms with Gasteiger partial charge in [0.25, 0.3) is 0 Å². The van der Waals surface area contributed by atoms with Crippen molar-refractivity contribution in [3.05, 3.63) is 106 Å². The first-order valence-electron chi connectivity index (χ1n) is 28.2. The van der Waals surface area contributed by atoms with E-state index in [2.05, 4.69) is 13.2 Å². The van der Waals surface area contributed by atoms with Gasteiger partial charge < -0.3 is 47.4 Å². The molecule has 0 saturated heterocycles. The molecular formula is C63H66N2O20S2.